The average Bonchev–Trinajstić information content (AvgIpc) is 3.84. The van der Waals surface area contributed by atoms with Crippen LogP contribution in [0.4, 0.5) is 14.5 Å². The highest BCUT2D eigenvalue weighted by Crippen LogP contribution is 2.37. The van der Waals surface area contributed by atoms with Crippen LogP contribution in [0.3, 0.4) is 0 Å². The lowest BCUT2D eigenvalue weighted by Crippen LogP contribution is -2.58. The van der Waals surface area contributed by atoms with E-state index < -0.39 is 40.9 Å². The third kappa shape index (κ3) is 8.40. The van der Waals surface area contributed by atoms with Gasteiger partial charge in [-0.25, -0.2) is 13.3 Å². The zero-order valence-electron chi connectivity index (χ0n) is 34.0. The number of hydrogen-bond acceptors (Lipinski definition) is 10. The van der Waals surface area contributed by atoms with Crippen molar-refractivity contribution in [3.63, 3.8) is 0 Å². The monoisotopic (exact) mass is 821 g/mol. The molecule has 2 saturated heterocycles. The standard InChI is InChI=1S/C44H49F2N9O5/c1-44(2,59)34-20-37-28(19-38(34)49-43(58)39-10-8-31-16-27(21-47)22-48-55(31)39)23-54(51-37)30-6-4-29(5-7-30)53-15-14-52(24-32(53)25-60-3)13-12-26-17-35(45)41(36(46)18-26)33-9-11-40(56)50-42(33)57/h8,10,16-20,22-23,29-30,32-33,59H,4-7,9,11-15,24-25H2,1-3H3,(H,49,58)(H,50,56,57)/t29?,30?,32-,33-/m1/s1. The van der Waals surface area contributed by atoms with Crippen molar-refractivity contribution in [1.29, 1.82) is 5.26 Å². The number of halogens is 2. The molecule has 2 atom stereocenters. The molecule has 5 heterocycles. The molecule has 314 valence electrons. The van der Waals surface area contributed by atoms with Gasteiger partial charge in [0.2, 0.25) is 11.8 Å². The molecule has 1 saturated carbocycles. The number of aromatic nitrogens is 4. The minimum Gasteiger partial charge on any atom is -0.386 e. The lowest BCUT2D eigenvalue weighted by Gasteiger charge is -2.47. The highest BCUT2D eigenvalue weighted by atomic mass is 19.1. The van der Waals surface area contributed by atoms with Gasteiger partial charge in [0.1, 0.15) is 23.4 Å². The maximum absolute atomic E-state index is 15.2. The number of hydrogen-bond donors (Lipinski definition) is 3. The molecule has 16 heteroatoms. The van der Waals surface area contributed by atoms with Crippen LogP contribution in [0.1, 0.15) is 97.1 Å². The van der Waals surface area contributed by atoms with Crippen molar-refractivity contribution in [2.75, 3.05) is 45.2 Å². The molecule has 0 spiro atoms. The SMILES string of the molecule is COC[C@H]1CN(CCc2cc(F)c([C@H]3CCC(=O)NC3=O)c(F)c2)CCN1C1CCC(n2cc3cc(NC(=O)c4ccc5cc(C#N)cnn45)c(C(C)(C)O)cc3n2)CC1. The number of piperazine rings is 1. The first-order chi connectivity index (χ1) is 28.8. The number of nitrogens with one attached hydrogen (secondary N) is 2. The number of ether oxygens (including phenoxy) is 1. The van der Waals surface area contributed by atoms with Crippen LogP contribution in [0.5, 0.6) is 0 Å². The van der Waals surface area contributed by atoms with E-state index in [1.807, 2.05) is 23.0 Å². The van der Waals surface area contributed by atoms with Gasteiger partial charge in [-0.2, -0.15) is 15.5 Å². The van der Waals surface area contributed by atoms with Crippen LogP contribution < -0.4 is 10.6 Å². The molecular formula is C44H49F2N9O5. The first kappa shape index (κ1) is 41.1. The van der Waals surface area contributed by atoms with Gasteiger partial charge >= 0.3 is 0 Å². The normalized spacial score (nSPS) is 21.9. The van der Waals surface area contributed by atoms with Crippen LogP contribution in [0.15, 0.2) is 54.9 Å². The Morgan fingerprint density at radius 2 is 1.80 bits per heavy atom. The molecule has 3 N–H and O–H groups in total. The van der Waals surface area contributed by atoms with Crippen LogP contribution in [0, 0.1) is 23.0 Å². The van der Waals surface area contributed by atoms with Gasteiger partial charge in [0.15, 0.2) is 0 Å². The van der Waals surface area contributed by atoms with Crippen LogP contribution >= 0.6 is 0 Å². The van der Waals surface area contributed by atoms with Gasteiger partial charge in [-0.3, -0.25) is 29.3 Å². The van der Waals surface area contributed by atoms with E-state index in [9.17, 15) is 24.8 Å². The minimum absolute atomic E-state index is 0.0475. The lowest BCUT2D eigenvalue weighted by molar-refractivity contribution is -0.134. The fourth-order valence-corrected chi connectivity index (χ4v) is 9.29. The zero-order valence-corrected chi connectivity index (χ0v) is 34.0. The Hall–Kier alpha value is -5.60. The molecule has 2 aromatic carbocycles. The second-order valence-electron chi connectivity index (χ2n) is 16.8. The summed E-state index contributed by atoms with van der Waals surface area (Å²) in [5, 5.41) is 35.6. The van der Waals surface area contributed by atoms with Gasteiger partial charge in [-0.1, -0.05) is 0 Å². The van der Waals surface area contributed by atoms with Gasteiger partial charge in [-0.15, -0.1) is 0 Å². The Morgan fingerprint density at radius 3 is 2.50 bits per heavy atom. The Morgan fingerprint density at radius 1 is 1.05 bits per heavy atom. The fourth-order valence-electron chi connectivity index (χ4n) is 9.29. The molecule has 0 unspecified atom stereocenters. The van der Waals surface area contributed by atoms with Crippen molar-refractivity contribution in [2.24, 2.45) is 0 Å². The summed E-state index contributed by atoms with van der Waals surface area (Å²) in [5.74, 6) is -4.03. The highest BCUT2D eigenvalue weighted by molar-refractivity contribution is 6.05. The summed E-state index contributed by atoms with van der Waals surface area (Å²) in [6.07, 6.45) is 7.80. The number of anilines is 1. The van der Waals surface area contributed by atoms with Crippen molar-refractivity contribution < 1.29 is 33.0 Å². The van der Waals surface area contributed by atoms with Crippen molar-refractivity contribution >= 4 is 39.8 Å². The predicted molar refractivity (Wildman–Crippen MR) is 218 cm³/mol. The number of rotatable bonds is 11. The first-order valence-electron chi connectivity index (χ1n) is 20.5. The summed E-state index contributed by atoms with van der Waals surface area (Å²) >= 11 is 0. The number of aliphatic hydroxyl groups is 1. The molecule has 0 bridgehead atoms. The number of carbonyl (C=O) groups is 3. The topological polar surface area (TPSA) is 170 Å². The Bertz CT molecular complexity index is 2470. The molecule has 1 aliphatic carbocycles. The second-order valence-corrected chi connectivity index (χ2v) is 16.8. The van der Waals surface area contributed by atoms with E-state index >= 15 is 8.78 Å². The lowest BCUT2D eigenvalue weighted by atomic mass is 9.88. The molecule has 3 aliphatic rings. The van der Waals surface area contributed by atoms with Gasteiger partial charge < -0.3 is 20.1 Å². The predicted octanol–water partition coefficient (Wildman–Crippen LogP) is 5.19. The summed E-state index contributed by atoms with van der Waals surface area (Å²) in [4.78, 5) is 42.2. The Balaban J connectivity index is 0.895. The fraction of sp³-hybridized carbons (Fsp3) is 0.455. The van der Waals surface area contributed by atoms with Gasteiger partial charge in [0.05, 0.1) is 47.0 Å². The van der Waals surface area contributed by atoms with Crippen LogP contribution in [0.2, 0.25) is 0 Å². The smallest absolute Gasteiger partial charge is 0.274 e. The number of piperidine rings is 1. The number of methoxy groups -OCH3 is 1. The molecule has 0 radical (unpaired) electrons. The first-order valence-corrected chi connectivity index (χ1v) is 20.5. The number of nitriles is 1. The molecule has 2 aliphatic heterocycles. The number of carbonyl (C=O) groups excluding carboxylic acids is 3. The maximum atomic E-state index is 15.2. The van der Waals surface area contributed by atoms with E-state index in [0.29, 0.717) is 59.2 Å². The number of nitrogens with zero attached hydrogens (tertiary/aromatic N) is 7. The molecule has 14 nitrogen and oxygen atoms in total. The van der Waals surface area contributed by atoms with E-state index in [0.717, 1.165) is 56.2 Å². The number of fused-ring (bicyclic) bond motifs is 2. The summed E-state index contributed by atoms with van der Waals surface area (Å²) < 4.78 is 39.5. The van der Waals surface area contributed by atoms with E-state index in [1.165, 1.54) is 22.8 Å². The van der Waals surface area contributed by atoms with Crippen LogP contribution in [-0.2, 0) is 26.3 Å². The molecule has 60 heavy (non-hydrogen) atoms. The van der Waals surface area contributed by atoms with Crippen molar-refractivity contribution in [3.8, 4) is 6.07 Å². The second kappa shape index (κ2) is 16.8. The van der Waals surface area contributed by atoms with E-state index in [-0.39, 0.29) is 30.5 Å². The molecule has 3 fully saturated rings. The van der Waals surface area contributed by atoms with Crippen molar-refractivity contribution in [2.45, 2.75) is 88.4 Å². The molecule has 3 aromatic heterocycles. The van der Waals surface area contributed by atoms with E-state index in [4.69, 9.17) is 9.84 Å². The van der Waals surface area contributed by atoms with Crippen molar-refractivity contribution in [3.05, 3.63) is 94.4 Å². The quantitative estimate of drug-likeness (QED) is 0.151. The van der Waals surface area contributed by atoms with Crippen molar-refractivity contribution in [1.82, 2.24) is 34.5 Å². The highest BCUT2D eigenvalue weighted by Gasteiger charge is 2.36. The summed E-state index contributed by atoms with van der Waals surface area (Å²) in [6, 6.07) is 14.1. The summed E-state index contributed by atoms with van der Waals surface area (Å²) in [5.41, 5.74) is 2.00. The third-order valence-corrected chi connectivity index (χ3v) is 12.4. The van der Waals surface area contributed by atoms with E-state index in [2.05, 4.69) is 31.6 Å². The van der Waals surface area contributed by atoms with Crippen LogP contribution in [-0.4, -0.2) is 104 Å². The molecule has 5 aromatic rings. The molecule has 8 rings (SSSR count). The van der Waals surface area contributed by atoms with Gasteiger partial charge in [0, 0.05) is 80.2 Å². The Kier molecular flexibility index (Phi) is 11.5. The molecular weight excluding hydrogens is 773 g/mol. The zero-order chi connectivity index (χ0) is 42.3. The minimum atomic E-state index is -1.27. The summed E-state index contributed by atoms with van der Waals surface area (Å²) in [7, 11) is 1.71. The van der Waals surface area contributed by atoms with Crippen LogP contribution in [0.25, 0.3) is 16.4 Å². The average molecular weight is 822 g/mol. The van der Waals surface area contributed by atoms with Gasteiger partial charge in [0.25, 0.3) is 5.91 Å². The number of amides is 3. The molecule has 3 amide bonds. The number of imide groups is 1. The maximum Gasteiger partial charge on any atom is 0.274 e. The van der Waals surface area contributed by atoms with Gasteiger partial charge in [-0.05, 0) is 100 Å². The largest absolute Gasteiger partial charge is 0.386 e. The Labute approximate surface area is 346 Å². The number of benzene rings is 2. The summed E-state index contributed by atoms with van der Waals surface area (Å²) in [6.45, 7) is 6.94. The van der Waals surface area contributed by atoms with E-state index in [1.54, 1.807) is 39.2 Å². The third-order valence-electron chi connectivity index (χ3n) is 12.4.